The van der Waals surface area contributed by atoms with Crippen molar-refractivity contribution < 1.29 is 56.0 Å². The van der Waals surface area contributed by atoms with Gasteiger partial charge in [0.1, 0.15) is 34.9 Å². The Morgan fingerprint density at radius 2 is 1.53 bits per heavy atom. The van der Waals surface area contributed by atoms with Gasteiger partial charge in [-0.2, -0.15) is 13.5 Å². The van der Waals surface area contributed by atoms with E-state index in [-0.39, 0.29) is 27.5 Å². The van der Waals surface area contributed by atoms with Crippen molar-refractivity contribution in [2.24, 2.45) is 5.16 Å². The molecule has 1 aliphatic heterocycles. The van der Waals surface area contributed by atoms with Crippen LogP contribution in [0.25, 0.3) is 0 Å². The standard InChI is InChI=1S/C30H45N9O12S2/c1-27(2,3)48-23(42)30(10,11)51-37-19(16-14-52-24(33-16)35-26(44)50-29(7,8)9)21(40)34-20-17(39(22(20)41)53(45,46)47)13-38-15-32-18(36-38)12-31-25(43)49-28(4,5)6/h14-15,17,20H,12-13H2,1-11H3,(H,31,43)(H,34,40)(H,33,35,44)(H,45,46,47)/t17-,20+/m1/s1. The second-order valence-corrected chi connectivity index (χ2v) is 17.2. The van der Waals surface area contributed by atoms with Gasteiger partial charge in [0.2, 0.25) is 5.60 Å². The quantitative estimate of drug-likeness (QED) is 0.0599. The lowest BCUT2D eigenvalue weighted by molar-refractivity contribution is -0.179. The van der Waals surface area contributed by atoms with Crippen molar-refractivity contribution in [3.8, 4) is 0 Å². The van der Waals surface area contributed by atoms with Crippen molar-refractivity contribution in [3.63, 3.8) is 0 Å². The van der Waals surface area contributed by atoms with Crippen LogP contribution in [0.15, 0.2) is 16.9 Å². The van der Waals surface area contributed by atoms with Gasteiger partial charge in [0.15, 0.2) is 16.7 Å². The van der Waals surface area contributed by atoms with Gasteiger partial charge in [0.05, 0.1) is 19.1 Å². The van der Waals surface area contributed by atoms with Gasteiger partial charge in [-0.05, 0) is 76.2 Å². The molecule has 23 heteroatoms. The Hall–Kier alpha value is -4.90. The summed E-state index contributed by atoms with van der Waals surface area (Å²) >= 11 is 0.882. The molecule has 3 heterocycles. The minimum Gasteiger partial charge on any atom is -0.457 e. The number of nitrogens with one attached hydrogen (secondary N) is 3. The smallest absolute Gasteiger partial charge is 0.413 e. The van der Waals surface area contributed by atoms with Crippen LogP contribution >= 0.6 is 11.3 Å². The predicted molar refractivity (Wildman–Crippen MR) is 187 cm³/mol. The first-order valence-corrected chi connectivity index (χ1v) is 18.2. The minimum absolute atomic E-state index is 0.0144. The molecule has 0 aromatic carbocycles. The molecule has 21 nitrogen and oxygen atoms in total. The van der Waals surface area contributed by atoms with E-state index in [2.05, 4.69) is 36.2 Å². The topological polar surface area (TPSA) is 272 Å². The van der Waals surface area contributed by atoms with Crippen molar-refractivity contribution in [2.45, 2.75) is 124 Å². The third-order valence-corrected chi connectivity index (χ3v) is 7.98. The van der Waals surface area contributed by atoms with Crippen LogP contribution in [0.4, 0.5) is 14.7 Å². The van der Waals surface area contributed by atoms with Gasteiger partial charge < -0.3 is 29.7 Å². The third kappa shape index (κ3) is 12.6. The summed E-state index contributed by atoms with van der Waals surface area (Å²) in [5, 5.41) is 16.6. The monoisotopic (exact) mass is 787 g/mol. The molecular weight excluding hydrogens is 743 g/mol. The zero-order valence-corrected chi connectivity index (χ0v) is 32.8. The Morgan fingerprint density at radius 1 is 0.943 bits per heavy atom. The molecule has 2 atom stereocenters. The molecule has 1 aliphatic rings. The number of amides is 4. The van der Waals surface area contributed by atoms with Crippen molar-refractivity contribution in [3.05, 3.63) is 23.2 Å². The van der Waals surface area contributed by atoms with Crippen molar-refractivity contribution in [1.82, 2.24) is 34.7 Å². The van der Waals surface area contributed by atoms with Crippen LogP contribution in [0.2, 0.25) is 0 Å². The molecule has 0 aliphatic carbocycles. The van der Waals surface area contributed by atoms with Crippen LogP contribution in [0, 0.1) is 0 Å². The van der Waals surface area contributed by atoms with E-state index in [0.29, 0.717) is 0 Å². The summed E-state index contributed by atoms with van der Waals surface area (Å²) in [5.41, 5.74) is -4.97. The van der Waals surface area contributed by atoms with Crippen LogP contribution in [0.1, 0.15) is 87.7 Å². The lowest BCUT2D eigenvalue weighted by atomic mass is 9.98. The lowest BCUT2D eigenvalue weighted by Gasteiger charge is -2.43. The van der Waals surface area contributed by atoms with E-state index < -0.39 is 87.0 Å². The zero-order valence-electron chi connectivity index (χ0n) is 31.2. The van der Waals surface area contributed by atoms with Crippen molar-refractivity contribution >= 4 is 62.5 Å². The molecule has 0 bridgehead atoms. The van der Waals surface area contributed by atoms with Gasteiger partial charge in [0.25, 0.3) is 11.8 Å². The SMILES string of the molecule is CC(C)(C)OC(=O)NCc1ncn(C[C@@H]2[C@H](NC(=O)C(=NOC(C)(C)C(=O)OC(C)(C)C)c3csc(NC(=O)OC(C)(C)C)n3)C(=O)N2S(=O)(=O)O)n1. The number of carbonyl (C=O) groups is 5. The molecule has 0 unspecified atom stereocenters. The van der Waals surface area contributed by atoms with Gasteiger partial charge in [-0.25, -0.2) is 28.7 Å². The molecule has 53 heavy (non-hydrogen) atoms. The number of aromatic nitrogens is 4. The highest BCUT2D eigenvalue weighted by Crippen LogP contribution is 2.26. The Balaban J connectivity index is 1.89. The van der Waals surface area contributed by atoms with Crippen molar-refractivity contribution in [1.29, 1.82) is 0 Å². The van der Waals surface area contributed by atoms with Crippen LogP contribution in [-0.2, 0) is 56.8 Å². The van der Waals surface area contributed by atoms with E-state index in [1.165, 1.54) is 25.6 Å². The van der Waals surface area contributed by atoms with Gasteiger partial charge in [-0.1, -0.05) is 5.16 Å². The molecule has 1 fully saturated rings. The number of oxime groups is 1. The number of β-lactam (4-membered cyclic amide) rings is 1. The number of hydrogen-bond acceptors (Lipinski definition) is 16. The maximum Gasteiger partial charge on any atom is 0.413 e. The van der Waals surface area contributed by atoms with E-state index in [1.54, 1.807) is 62.3 Å². The normalized spacial score (nSPS) is 17.0. The summed E-state index contributed by atoms with van der Waals surface area (Å²) < 4.78 is 51.2. The average Bonchev–Trinajstić information content (AvgIpc) is 3.60. The number of anilines is 1. The number of rotatable bonds is 12. The number of hydrogen-bond donors (Lipinski definition) is 4. The largest absolute Gasteiger partial charge is 0.457 e. The highest BCUT2D eigenvalue weighted by atomic mass is 32.2. The third-order valence-electron chi connectivity index (χ3n) is 6.28. The zero-order chi connectivity index (χ0) is 40.3. The fourth-order valence-electron chi connectivity index (χ4n) is 4.14. The molecular formula is C30H45N9O12S2. The van der Waals surface area contributed by atoms with Crippen LogP contribution < -0.4 is 16.0 Å². The molecule has 0 radical (unpaired) electrons. The average molecular weight is 788 g/mol. The van der Waals surface area contributed by atoms with Crippen LogP contribution in [-0.4, -0.2) is 107 Å². The highest BCUT2D eigenvalue weighted by molar-refractivity contribution is 7.84. The molecule has 0 spiro atoms. The Labute approximate surface area is 310 Å². The first-order chi connectivity index (χ1) is 24.0. The molecule has 3 rings (SSSR count). The van der Waals surface area contributed by atoms with Gasteiger partial charge in [0, 0.05) is 5.38 Å². The van der Waals surface area contributed by atoms with Gasteiger partial charge in [-0.15, -0.1) is 11.3 Å². The number of alkyl carbamates (subject to hydrolysis) is 1. The number of ether oxygens (including phenoxy) is 3. The summed E-state index contributed by atoms with van der Waals surface area (Å²) in [6, 6.07) is -2.99. The molecule has 4 amide bonds. The molecule has 2 aromatic heterocycles. The van der Waals surface area contributed by atoms with Crippen LogP contribution in [0.3, 0.4) is 0 Å². The Morgan fingerprint density at radius 3 is 2.09 bits per heavy atom. The first-order valence-electron chi connectivity index (χ1n) is 16.0. The Kier molecular flexibility index (Phi) is 12.5. The first kappa shape index (κ1) is 42.5. The number of esters is 1. The summed E-state index contributed by atoms with van der Waals surface area (Å²) in [5.74, 6) is -3.04. The fraction of sp³-hybridized carbons (Fsp3) is 0.633. The second-order valence-electron chi connectivity index (χ2n) is 15.1. The maximum atomic E-state index is 13.8. The van der Waals surface area contributed by atoms with E-state index in [4.69, 9.17) is 19.0 Å². The van der Waals surface area contributed by atoms with Gasteiger partial charge in [-0.3, -0.25) is 24.1 Å². The Bertz CT molecular complexity index is 1850. The summed E-state index contributed by atoms with van der Waals surface area (Å²) in [4.78, 5) is 77.7. The van der Waals surface area contributed by atoms with Crippen molar-refractivity contribution in [2.75, 3.05) is 5.32 Å². The van der Waals surface area contributed by atoms with E-state index in [0.717, 1.165) is 16.0 Å². The summed E-state index contributed by atoms with van der Waals surface area (Å²) in [6.45, 7) is 17.0. The molecule has 0 saturated carbocycles. The number of nitrogens with zero attached hydrogens (tertiary/aromatic N) is 6. The fourth-order valence-corrected chi connectivity index (χ4v) is 5.70. The second kappa shape index (κ2) is 15.6. The van der Waals surface area contributed by atoms with E-state index >= 15 is 0 Å². The summed E-state index contributed by atoms with van der Waals surface area (Å²) in [6.07, 6.45) is -0.388. The molecule has 294 valence electrons. The molecule has 1 saturated heterocycles. The number of thiazole rings is 1. The highest BCUT2D eigenvalue weighted by Gasteiger charge is 2.54. The molecule has 2 aromatic rings. The van der Waals surface area contributed by atoms with Crippen LogP contribution in [0.5, 0.6) is 0 Å². The summed E-state index contributed by atoms with van der Waals surface area (Å²) in [7, 11) is -5.10. The maximum absolute atomic E-state index is 13.8. The number of carbonyl (C=O) groups excluding carboxylic acids is 5. The lowest BCUT2D eigenvalue weighted by Crippen LogP contribution is -2.73. The minimum atomic E-state index is -5.10. The van der Waals surface area contributed by atoms with E-state index in [1.807, 2.05) is 0 Å². The molecule has 4 N–H and O–H groups in total. The van der Waals surface area contributed by atoms with E-state index in [9.17, 15) is 36.9 Å². The van der Waals surface area contributed by atoms with Gasteiger partial charge >= 0.3 is 28.5 Å². The predicted octanol–water partition coefficient (Wildman–Crippen LogP) is 2.15.